The van der Waals surface area contributed by atoms with E-state index in [0.717, 1.165) is 5.56 Å². The van der Waals surface area contributed by atoms with Crippen LogP contribution in [0.15, 0.2) is 49.0 Å². The molecule has 0 aliphatic rings. The Kier molecular flexibility index (Phi) is 6.00. The first-order chi connectivity index (χ1) is 13.2. The SMILES string of the molecule is C=Cc1cccc(-c2ccc(C#N)c(C(OC(N)=O)C(O)(O)OC(N)=O)c2)c1. The number of ether oxygens (including phenoxy) is 2. The lowest BCUT2D eigenvalue weighted by atomic mass is 9.94. The van der Waals surface area contributed by atoms with Crippen LogP contribution in [-0.4, -0.2) is 28.4 Å². The van der Waals surface area contributed by atoms with Crippen molar-refractivity contribution in [3.05, 3.63) is 65.7 Å². The van der Waals surface area contributed by atoms with E-state index in [4.69, 9.17) is 16.2 Å². The summed E-state index contributed by atoms with van der Waals surface area (Å²) < 4.78 is 8.95. The van der Waals surface area contributed by atoms with Crippen LogP contribution in [0.2, 0.25) is 0 Å². The van der Waals surface area contributed by atoms with Gasteiger partial charge in [0.25, 0.3) is 0 Å². The van der Waals surface area contributed by atoms with Gasteiger partial charge in [-0.25, -0.2) is 9.59 Å². The second kappa shape index (κ2) is 8.22. The Balaban J connectivity index is 2.64. The van der Waals surface area contributed by atoms with Crippen molar-refractivity contribution in [3.63, 3.8) is 0 Å². The van der Waals surface area contributed by atoms with E-state index < -0.39 is 24.3 Å². The molecule has 9 heteroatoms. The van der Waals surface area contributed by atoms with Gasteiger partial charge < -0.3 is 31.2 Å². The molecule has 144 valence electrons. The minimum absolute atomic E-state index is 0.0737. The Morgan fingerprint density at radius 1 is 1.14 bits per heavy atom. The Hall–Kier alpha value is -3.87. The van der Waals surface area contributed by atoms with E-state index in [2.05, 4.69) is 11.3 Å². The van der Waals surface area contributed by atoms with Crippen molar-refractivity contribution >= 4 is 18.3 Å². The minimum Gasteiger partial charge on any atom is -0.431 e. The molecule has 28 heavy (non-hydrogen) atoms. The second-order valence-electron chi connectivity index (χ2n) is 5.64. The molecule has 1 atom stereocenters. The molecule has 0 bridgehead atoms. The molecule has 0 heterocycles. The smallest absolute Gasteiger partial charge is 0.408 e. The fourth-order valence-corrected chi connectivity index (χ4v) is 2.57. The van der Waals surface area contributed by atoms with Gasteiger partial charge in [0.2, 0.25) is 6.10 Å². The van der Waals surface area contributed by atoms with E-state index in [0.29, 0.717) is 11.1 Å². The van der Waals surface area contributed by atoms with E-state index in [1.807, 2.05) is 12.1 Å². The number of rotatable bonds is 6. The Morgan fingerprint density at radius 3 is 2.39 bits per heavy atom. The van der Waals surface area contributed by atoms with Gasteiger partial charge in [-0.3, -0.25) is 0 Å². The normalized spacial score (nSPS) is 11.8. The predicted molar refractivity (Wildman–Crippen MR) is 97.9 cm³/mol. The molecule has 0 radical (unpaired) electrons. The van der Waals surface area contributed by atoms with Gasteiger partial charge in [-0.2, -0.15) is 5.26 Å². The molecule has 0 saturated carbocycles. The van der Waals surface area contributed by atoms with Crippen LogP contribution in [0.3, 0.4) is 0 Å². The molecule has 0 aromatic heterocycles. The molecule has 2 aromatic carbocycles. The van der Waals surface area contributed by atoms with E-state index in [9.17, 15) is 25.1 Å². The van der Waals surface area contributed by atoms with E-state index >= 15 is 0 Å². The molecule has 0 fully saturated rings. The van der Waals surface area contributed by atoms with E-state index in [1.165, 1.54) is 12.1 Å². The van der Waals surface area contributed by atoms with Crippen molar-refractivity contribution in [1.82, 2.24) is 0 Å². The first kappa shape index (κ1) is 20.4. The molecule has 6 N–H and O–H groups in total. The molecule has 9 nitrogen and oxygen atoms in total. The summed E-state index contributed by atoms with van der Waals surface area (Å²) in [6, 6.07) is 13.4. The average Bonchev–Trinajstić information content (AvgIpc) is 2.64. The summed E-state index contributed by atoms with van der Waals surface area (Å²) in [6.45, 7) is 3.69. The van der Waals surface area contributed by atoms with Crippen molar-refractivity contribution in [3.8, 4) is 17.2 Å². The van der Waals surface area contributed by atoms with Crippen LogP contribution >= 0.6 is 0 Å². The van der Waals surface area contributed by atoms with Gasteiger partial charge in [-0.15, -0.1) is 0 Å². The topological polar surface area (TPSA) is 169 Å². The monoisotopic (exact) mass is 383 g/mol. The van der Waals surface area contributed by atoms with Crippen LogP contribution in [0.5, 0.6) is 0 Å². The van der Waals surface area contributed by atoms with Gasteiger partial charge in [0.1, 0.15) is 0 Å². The number of primary amides is 2. The second-order valence-corrected chi connectivity index (χ2v) is 5.64. The maximum absolute atomic E-state index is 11.3. The first-order valence-electron chi connectivity index (χ1n) is 7.84. The highest BCUT2D eigenvalue weighted by Gasteiger charge is 2.44. The third-order valence-corrected chi connectivity index (χ3v) is 3.74. The van der Waals surface area contributed by atoms with Crippen LogP contribution in [0.1, 0.15) is 22.8 Å². The summed E-state index contributed by atoms with van der Waals surface area (Å²) in [5, 5.41) is 29.5. The van der Waals surface area contributed by atoms with Crippen molar-refractivity contribution in [1.29, 1.82) is 5.26 Å². The number of nitrogens with zero attached hydrogens (tertiary/aromatic N) is 1. The molecule has 2 rings (SSSR count). The summed E-state index contributed by atoms with van der Waals surface area (Å²) in [4.78, 5) is 22.2. The van der Waals surface area contributed by atoms with Crippen molar-refractivity contribution in [2.75, 3.05) is 0 Å². The fraction of sp³-hybridized carbons (Fsp3) is 0.105. The fourth-order valence-electron chi connectivity index (χ4n) is 2.57. The number of amides is 2. The largest absolute Gasteiger partial charge is 0.431 e. The maximum atomic E-state index is 11.3. The van der Waals surface area contributed by atoms with Crippen molar-refractivity contribution in [2.24, 2.45) is 11.5 Å². The van der Waals surface area contributed by atoms with Crippen molar-refractivity contribution in [2.45, 2.75) is 12.1 Å². The van der Waals surface area contributed by atoms with Gasteiger partial charge in [0, 0.05) is 5.56 Å². The van der Waals surface area contributed by atoms with Gasteiger partial charge in [0.15, 0.2) is 0 Å². The summed E-state index contributed by atoms with van der Waals surface area (Å²) in [6.07, 6.45) is -3.33. The van der Waals surface area contributed by atoms with Gasteiger partial charge in [-0.1, -0.05) is 36.9 Å². The predicted octanol–water partition coefficient (Wildman–Crippen LogP) is 1.74. The zero-order valence-electron chi connectivity index (χ0n) is 14.5. The number of carbonyl (C=O) groups excluding carboxylic acids is 2. The van der Waals surface area contributed by atoms with Crippen LogP contribution in [-0.2, 0) is 9.47 Å². The molecular weight excluding hydrogens is 366 g/mol. The number of hydrogen-bond donors (Lipinski definition) is 4. The molecule has 1 unspecified atom stereocenters. The zero-order chi connectivity index (χ0) is 20.9. The first-order valence-corrected chi connectivity index (χ1v) is 7.84. The molecule has 0 aliphatic carbocycles. The zero-order valence-corrected chi connectivity index (χ0v) is 14.5. The Morgan fingerprint density at radius 2 is 1.82 bits per heavy atom. The molecule has 0 saturated heterocycles. The number of nitrogens with two attached hydrogens (primary N) is 2. The highest BCUT2D eigenvalue weighted by atomic mass is 16.8. The summed E-state index contributed by atoms with van der Waals surface area (Å²) in [7, 11) is 0. The van der Waals surface area contributed by atoms with E-state index in [1.54, 1.807) is 30.3 Å². The lowest BCUT2D eigenvalue weighted by Gasteiger charge is -2.29. The lowest BCUT2D eigenvalue weighted by molar-refractivity contribution is -0.350. The summed E-state index contributed by atoms with van der Waals surface area (Å²) in [5.41, 5.74) is 11.7. The number of aliphatic hydroxyl groups is 2. The van der Waals surface area contributed by atoms with Crippen LogP contribution in [0.25, 0.3) is 17.2 Å². The number of hydrogen-bond acceptors (Lipinski definition) is 7. The van der Waals surface area contributed by atoms with Crippen LogP contribution in [0.4, 0.5) is 9.59 Å². The molecule has 2 aromatic rings. The molecular formula is C19H17N3O6. The number of benzene rings is 2. The highest BCUT2D eigenvalue weighted by molar-refractivity contribution is 5.70. The molecule has 2 amide bonds. The third kappa shape index (κ3) is 4.64. The Bertz CT molecular complexity index is 964. The summed E-state index contributed by atoms with van der Waals surface area (Å²) >= 11 is 0. The minimum atomic E-state index is -3.37. The van der Waals surface area contributed by atoms with Gasteiger partial charge >= 0.3 is 18.2 Å². The number of nitriles is 1. The molecule has 0 spiro atoms. The quantitative estimate of drug-likeness (QED) is 0.550. The standard InChI is InChI=1S/C19H17N3O6/c1-2-11-4-3-5-12(8-11)13-6-7-14(10-20)15(9-13)16(27-17(21)23)19(25,26)28-18(22)24/h2-9,16,25-26H,1H2,(H2,21,23)(H2,22,24). The van der Waals surface area contributed by atoms with Crippen LogP contribution in [0, 0.1) is 11.3 Å². The maximum Gasteiger partial charge on any atom is 0.408 e. The third-order valence-electron chi connectivity index (χ3n) is 3.74. The van der Waals surface area contributed by atoms with Crippen molar-refractivity contribution < 1.29 is 29.3 Å². The van der Waals surface area contributed by atoms with Gasteiger partial charge in [-0.05, 0) is 34.9 Å². The average molecular weight is 383 g/mol. The van der Waals surface area contributed by atoms with Crippen LogP contribution < -0.4 is 11.5 Å². The highest BCUT2D eigenvalue weighted by Crippen LogP contribution is 2.34. The summed E-state index contributed by atoms with van der Waals surface area (Å²) in [5.74, 6) is -3.37. The Labute approximate surface area is 160 Å². The number of carbonyl (C=O) groups is 2. The van der Waals surface area contributed by atoms with Gasteiger partial charge in [0.05, 0.1) is 11.6 Å². The van der Waals surface area contributed by atoms with E-state index in [-0.39, 0.29) is 11.1 Å². The molecule has 0 aliphatic heterocycles. The lowest BCUT2D eigenvalue weighted by Crippen LogP contribution is -2.45.